The molecule has 134 valence electrons. The van der Waals surface area contributed by atoms with Gasteiger partial charge in [0.15, 0.2) is 11.8 Å². The van der Waals surface area contributed by atoms with Gasteiger partial charge in [0.1, 0.15) is 6.33 Å². The minimum absolute atomic E-state index is 0.184. The van der Waals surface area contributed by atoms with Crippen LogP contribution in [0.15, 0.2) is 40.1 Å². The van der Waals surface area contributed by atoms with Crippen molar-refractivity contribution in [3.63, 3.8) is 0 Å². The van der Waals surface area contributed by atoms with Gasteiger partial charge in [-0.15, -0.1) is 10.2 Å². The van der Waals surface area contributed by atoms with Crippen LogP contribution < -0.4 is 10.6 Å². The van der Waals surface area contributed by atoms with E-state index >= 15 is 0 Å². The Balaban J connectivity index is 1.64. The molecule has 0 radical (unpaired) electrons. The molecule has 0 bridgehead atoms. The molecule has 1 aromatic carbocycles. The normalized spacial score (nSPS) is 16.8. The highest BCUT2D eigenvalue weighted by atomic mass is 79.9. The quantitative estimate of drug-likeness (QED) is 0.593. The van der Waals surface area contributed by atoms with Gasteiger partial charge in [-0.3, -0.25) is 4.99 Å². The fourth-order valence-corrected chi connectivity index (χ4v) is 3.79. The summed E-state index contributed by atoms with van der Waals surface area (Å²) in [6.45, 7) is 1.48. The zero-order chi connectivity index (χ0) is 17.7. The minimum atomic E-state index is 0.184. The third kappa shape index (κ3) is 4.21. The summed E-state index contributed by atoms with van der Waals surface area (Å²) in [6, 6.07) is 8.76. The van der Waals surface area contributed by atoms with Gasteiger partial charge in [-0.1, -0.05) is 40.9 Å². The summed E-state index contributed by atoms with van der Waals surface area (Å²) in [5.41, 5.74) is 1.59. The van der Waals surface area contributed by atoms with Crippen LogP contribution in [-0.4, -0.2) is 34.3 Å². The number of aromatic nitrogens is 3. The predicted molar refractivity (Wildman–Crippen MR) is 103 cm³/mol. The predicted octanol–water partition coefficient (Wildman–Crippen LogP) is 2.75. The van der Waals surface area contributed by atoms with Gasteiger partial charge < -0.3 is 15.2 Å². The van der Waals surface area contributed by atoms with Crippen LogP contribution in [0.1, 0.15) is 37.1 Å². The lowest BCUT2D eigenvalue weighted by molar-refractivity contribution is 0.431. The van der Waals surface area contributed by atoms with Crippen molar-refractivity contribution in [1.82, 2.24) is 25.4 Å². The van der Waals surface area contributed by atoms with E-state index in [0.29, 0.717) is 6.54 Å². The first kappa shape index (κ1) is 17.9. The zero-order valence-corrected chi connectivity index (χ0v) is 16.4. The second kappa shape index (κ2) is 7.99. The van der Waals surface area contributed by atoms with E-state index in [1.54, 1.807) is 13.4 Å². The van der Waals surface area contributed by atoms with E-state index in [0.717, 1.165) is 22.8 Å². The van der Waals surface area contributed by atoms with Gasteiger partial charge in [-0.05, 0) is 30.5 Å². The van der Waals surface area contributed by atoms with Gasteiger partial charge in [0.25, 0.3) is 0 Å². The van der Waals surface area contributed by atoms with Crippen LogP contribution in [0.2, 0.25) is 0 Å². The number of nitrogens with zero attached hydrogens (tertiary/aromatic N) is 4. The van der Waals surface area contributed by atoms with E-state index in [2.05, 4.69) is 66.0 Å². The van der Waals surface area contributed by atoms with Crippen molar-refractivity contribution in [2.45, 2.75) is 37.6 Å². The van der Waals surface area contributed by atoms with E-state index in [1.807, 2.05) is 11.6 Å². The Morgan fingerprint density at radius 3 is 2.56 bits per heavy atom. The molecule has 1 aliphatic carbocycles. The van der Waals surface area contributed by atoms with E-state index in [1.165, 1.54) is 31.2 Å². The van der Waals surface area contributed by atoms with Gasteiger partial charge in [0.05, 0.1) is 6.54 Å². The lowest BCUT2D eigenvalue weighted by atomic mass is 9.79. The molecule has 0 aliphatic heterocycles. The fraction of sp³-hybridized carbons (Fsp3) is 0.500. The summed E-state index contributed by atoms with van der Waals surface area (Å²) < 4.78 is 3.03. The Kier molecular flexibility index (Phi) is 5.73. The van der Waals surface area contributed by atoms with E-state index < -0.39 is 0 Å². The SMILES string of the molecule is CN=C(NCc1nncn1C)NCC1(c2ccc(Br)cc2)CCCC1. The molecule has 2 aromatic rings. The molecule has 25 heavy (non-hydrogen) atoms. The Bertz CT molecular complexity index is 715. The van der Waals surface area contributed by atoms with Crippen LogP contribution in [0, 0.1) is 0 Å². The lowest BCUT2D eigenvalue weighted by Gasteiger charge is -2.31. The molecule has 1 heterocycles. The van der Waals surface area contributed by atoms with Gasteiger partial charge in [-0.2, -0.15) is 0 Å². The minimum Gasteiger partial charge on any atom is -0.356 e. The van der Waals surface area contributed by atoms with Crippen molar-refractivity contribution < 1.29 is 0 Å². The maximum Gasteiger partial charge on any atom is 0.191 e. The van der Waals surface area contributed by atoms with Crippen molar-refractivity contribution in [2.75, 3.05) is 13.6 Å². The van der Waals surface area contributed by atoms with Crippen molar-refractivity contribution in [3.05, 3.63) is 46.5 Å². The highest BCUT2D eigenvalue weighted by Gasteiger charge is 2.35. The van der Waals surface area contributed by atoms with Crippen LogP contribution >= 0.6 is 15.9 Å². The van der Waals surface area contributed by atoms with Crippen LogP contribution in [0.3, 0.4) is 0 Å². The molecule has 0 spiro atoms. The summed E-state index contributed by atoms with van der Waals surface area (Å²) in [5.74, 6) is 1.68. The van der Waals surface area contributed by atoms with Gasteiger partial charge >= 0.3 is 0 Å². The maximum absolute atomic E-state index is 4.35. The van der Waals surface area contributed by atoms with Gasteiger partial charge in [-0.25, -0.2) is 0 Å². The van der Waals surface area contributed by atoms with Crippen molar-refractivity contribution in [3.8, 4) is 0 Å². The first-order chi connectivity index (χ1) is 12.1. The van der Waals surface area contributed by atoms with E-state index in [-0.39, 0.29) is 5.41 Å². The summed E-state index contributed by atoms with van der Waals surface area (Å²) in [6.07, 6.45) is 6.68. The molecule has 0 unspecified atom stereocenters. The van der Waals surface area contributed by atoms with Crippen LogP contribution in [-0.2, 0) is 19.0 Å². The Hall–Kier alpha value is -1.89. The Morgan fingerprint density at radius 2 is 1.96 bits per heavy atom. The summed E-state index contributed by atoms with van der Waals surface area (Å²) >= 11 is 3.53. The topological polar surface area (TPSA) is 67.1 Å². The fourth-order valence-electron chi connectivity index (χ4n) is 3.53. The van der Waals surface area contributed by atoms with Crippen molar-refractivity contribution in [1.29, 1.82) is 0 Å². The second-order valence-electron chi connectivity index (χ2n) is 6.63. The standard InChI is InChI=1S/C18H25BrN6/c1-20-17(21-11-16-24-23-13-25(16)2)22-12-18(9-3-4-10-18)14-5-7-15(19)8-6-14/h5-8,13H,3-4,9-12H2,1-2H3,(H2,20,21,22). The number of hydrogen-bond acceptors (Lipinski definition) is 3. The average molecular weight is 405 g/mol. The van der Waals surface area contributed by atoms with Crippen molar-refractivity contribution >= 4 is 21.9 Å². The number of nitrogens with one attached hydrogen (secondary N) is 2. The largest absolute Gasteiger partial charge is 0.356 e. The highest BCUT2D eigenvalue weighted by molar-refractivity contribution is 9.10. The molecule has 6 nitrogen and oxygen atoms in total. The monoisotopic (exact) mass is 404 g/mol. The number of aryl methyl sites for hydroxylation is 1. The molecule has 2 N–H and O–H groups in total. The molecule has 1 aromatic heterocycles. The van der Waals surface area contributed by atoms with Gasteiger partial charge in [0.2, 0.25) is 0 Å². The number of rotatable bonds is 5. The first-order valence-electron chi connectivity index (χ1n) is 8.66. The van der Waals surface area contributed by atoms with Gasteiger partial charge in [0, 0.05) is 30.5 Å². The smallest absolute Gasteiger partial charge is 0.191 e. The third-order valence-corrected chi connectivity index (χ3v) is 5.58. The third-order valence-electron chi connectivity index (χ3n) is 5.05. The summed E-state index contributed by atoms with van der Waals surface area (Å²) in [7, 11) is 3.74. The lowest BCUT2D eigenvalue weighted by Crippen LogP contribution is -2.44. The average Bonchev–Trinajstić information content (AvgIpc) is 3.26. The molecule has 1 saturated carbocycles. The van der Waals surface area contributed by atoms with Crippen molar-refractivity contribution in [2.24, 2.45) is 12.0 Å². The first-order valence-corrected chi connectivity index (χ1v) is 9.46. The molecule has 7 heteroatoms. The van der Waals surface area contributed by atoms with Crippen LogP contribution in [0.4, 0.5) is 0 Å². The molecule has 0 amide bonds. The number of aliphatic imine (C=N–C) groups is 1. The Labute approximate surface area is 157 Å². The molecule has 0 saturated heterocycles. The number of guanidine groups is 1. The van der Waals surface area contributed by atoms with E-state index in [4.69, 9.17) is 0 Å². The zero-order valence-electron chi connectivity index (χ0n) is 14.8. The maximum atomic E-state index is 4.35. The molecule has 1 aliphatic rings. The summed E-state index contributed by atoms with van der Waals surface area (Å²) in [5, 5.41) is 14.8. The highest BCUT2D eigenvalue weighted by Crippen LogP contribution is 2.40. The summed E-state index contributed by atoms with van der Waals surface area (Å²) in [4.78, 5) is 4.35. The molecule has 0 atom stereocenters. The number of hydrogen-bond donors (Lipinski definition) is 2. The molecule has 3 rings (SSSR count). The number of benzene rings is 1. The second-order valence-corrected chi connectivity index (χ2v) is 7.55. The molecule has 1 fully saturated rings. The Morgan fingerprint density at radius 1 is 1.24 bits per heavy atom. The van der Waals surface area contributed by atoms with Crippen LogP contribution in [0.25, 0.3) is 0 Å². The van der Waals surface area contributed by atoms with E-state index in [9.17, 15) is 0 Å². The number of halogens is 1. The van der Waals surface area contributed by atoms with Crippen LogP contribution in [0.5, 0.6) is 0 Å². The molecular weight excluding hydrogens is 380 g/mol. The molecular formula is C18H25BrN6.